The van der Waals surface area contributed by atoms with E-state index in [1.54, 1.807) is 25.3 Å². The van der Waals surface area contributed by atoms with Crippen LogP contribution in [0.25, 0.3) is 0 Å². The fourth-order valence-corrected chi connectivity index (χ4v) is 3.65. The summed E-state index contributed by atoms with van der Waals surface area (Å²) in [6, 6.07) is 1.59. The van der Waals surface area contributed by atoms with E-state index in [0.29, 0.717) is 17.8 Å². The quantitative estimate of drug-likeness (QED) is 0.613. The maximum absolute atomic E-state index is 12.7. The van der Waals surface area contributed by atoms with Gasteiger partial charge >= 0.3 is 11.9 Å². The van der Waals surface area contributed by atoms with E-state index in [4.69, 9.17) is 4.74 Å². The number of aliphatic carboxylic acids is 1. The molecule has 0 unspecified atom stereocenters. The molecule has 7 heteroatoms. The topological polar surface area (TPSA) is 92.7 Å². The van der Waals surface area contributed by atoms with Crippen molar-refractivity contribution in [3.8, 4) is 0 Å². The van der Waals surface area contributed by atoms with Crippen LogP contribution in [0, 0.1) is 11.8 Å². The summed E-state index contributed by atoms with van der Waals surface area (Å²) >= 11 is 1.22. The van der Waals surface area contributed by atoms with Crippen molar-refractivity contribution in [1.82, 2.24) is 0 Å². The Balaban J connectivity index is 2.18. The molecule has 0 aliphatic heterocycles. The van der Waals surface area contributed by atoms with Crippen molar-refractivity contribution < 1.29 is 24.2 Å². The average Bonchev–Trinajstić information content (AvgIpc) is 2.96. The van der Waals surface area contributed by atoms with Gasteiger partial charge < -0.3 is 15.2 Å². The summed E-state index contributed by atoms with van der Waals surface area (Å²) in [7, 11) is 0. The maximum Gasteiger partial charge on any atom is 0.341 e. The number of ether oxygens (including phenoxy) is 1. The molecule has 1 heterocycles. The number of anilines is 1. The number of carboxylic acids is 1. The molecule has 6 nitrogen and oxygen atoms in total. The lowest BCUT2D eigenvalue weighted by Gasteiger charge is -2.29. The van der Waals surface area contributed by atoms with Crippen molar-refractivity contribution >= 4 is 34.2 Å². The number of carbonyl (C=O) groups is 3. The molecule has 1 amide bonds. The normalized spacial score (nSPS) is 20.5. The molecule has 1 aromatic heterocycles. The van der Waals surface area contributed by atoms with Gasteiger partial charge in [0.05, 0.1) is 23.5 Å². The average molecular weight is 365 g/mol. The summed E-state index contributed by atoms with van der Waals surface area (Å²) < 4.78 is 5.17. The van der Waals surface area contributed by atoms with Crippen LogP contribution in [0.15, 0.2) is 22.6 Å². The smallest absolute Gasteiger partial charge is 0.341 e. The second-order valence-corrected chi connectivity index (χ2v) is 7.54. The van der Waals surface area contributed by atoms with E-state index in [2.05, 4.69) is 5.32 Å². The summed E-state index contributed by atoms with van der Waals surface area (Å²) in [5.41, 5.74) is 2.36. The second kappa shape index (κ2) is 7.82. The van der Waals surface area contributed by atoms with Gasteiger partial charge in [0.25, 0.3) is 0 Å². The Labute approximate surface area is 150 Å². The lowest BCUT2D eigenvalue weighted by atomic mass is 9.76. The van der Waals surface area contributed by atoms with Gasteiger partial charge in [-0.1, -0.05) is 11.1 Å². The molecule has 2 N–H and O–H groups in total. The van der Waals surface area contributed by atoms with Crippen molar-refractivity contribution in [2.45, 2.75) is 46.6 Å². The number of hydrogen-bond donors (Lipinski definition) is 2. The van der Waals surface area contributed by atoms with Crippen molar-refractivity contribution in [2.75, 3.05) is 5.32 Å². The minimum Gasteiger partial charge on any atom is -0.481 e. The van der Waals surface area contributed by atoms with Gasteiger partial charge in [0, 0.05) is 0 Å². The number of amides is 1. The molecule has 0 saturated heterocycles. The highest BCUT2D eigenvalue weighted by Gasteiger charge is 2.37. The summed E-state index contributed by atoms with van der Waals surface area (Å²) in [6.07, 6.45) is 0.513. The summed E-state index contributed by atoms with van der Waals surface area (Å²) in [6.45, 7) is 7.32. The second-order valence-electron chi connectivity index (χ2n) is 6.63. The Morgan fingerprint density at radius 2 is 1.80 bits per heavy atom. The van der Waals surface area contributed by atoms with Gasteiger partial charge in [-0.25, -0.2) is 4.79 Å². The fraction of sp³-hybridized carbons (Fsp3) is 0.500. The van der Waals surface area contributed by atoms with Crippen molar-refractivity contribution in [2.24, 2.45) is 11.8 Å². The van der Waals surface area contributed by atoms with Gasteiger partial charge in [-0.15, -0.1) is 11.3 Å². The van der Waals surface area contributed by atoms with E-state index in [1.165, 1.54) is 11.3 Å². The van der Waals surface area contributed by atoms with Crippen molar-refractivity contribution in [3.05, 3.63) is 28.2 Å². The maximum atomic E-state index is 12.7. The van der Waals surface area contributed by atoms with Crippen LogP contribution in [0.3, 0.4) is 0 Å². The van der Waals surface area contributed by atoms with Gasteiger partial charge in [-0.3, -0.25) is 9.59 Å². The molecule has 2 rings (SSSR count). The number of thiophene rings is 1. The number of allylic oxidation sites excluding steroid dienone is 2. The van der Waals surface area contributed by atoms with Crippen molar-refractivity contribution in [3.63, 3.8) is 0 Å². The summed E-state index contributed by atoms with van der Waals surface area (Å²) in [5.74, 6) is -3.26. The molecule has 0 aromatic carbocycles. The van der Waals surface area contributed by atoms with Gasteiger partial charge in [0.1, 0.15) is 5.00 Å². The highest BCUT2D eigenvalue weighted by atomic mass is 32.1. The van der Waals surface area contributed by atoms with Crippen LogP contribution >= 0.6 is 11.3 Å². The zero-order chi connectivity index (χ0) is 18.7. The molecule has 1 aromatic rings. The first-order valence-corrected chi connectivity index (χ1v) is 9.06. The predicted molar refractivity (Wildman–Crippen MR) is 95.7 cm³/mol. The van der Waals surface area contributed by atoms with E-state index in [1.807, 2.05) is 13.8 Å². The largest absolute Gasteiger partial charge is 0.481 e. The third kappa shape index (κ3) is 4.48. The van der Waals surface area contributed by atoms with E-state index >= 15 is 0 Å². The van der Waals surface area contributed by atoms with E-state index in [-0.39, 0.29) is 17.6 Å². The van der Waals surface area contributed by atoms with E-state index in [9.17, 15) is 19.5 Å². The molecular formula is C18H23NO5S. The number of nitrogens with one attached hydrogen (secondary N) is 1. The molecule has 25 heavy (non-hydrogen) atoms. The molecule has 2 atom stereocenters. The zero-order valence-corrected chi connectivity index (χ0v) is 15.6. The monoisotopic (exact) mass is 365 g/mol. The highest BCUT2D eigenvalue weighted by molar-refractivity contribution is 7.14. The number of hydrogen-bond acceptors (Lipinski definition) is 5. The van der Waals surface area contributed by atoms with Gasteiger partial charge in [-0.2, -0.15) is 0 Å². The first-order valence-electron chi connectivity index (χ1n) is 8.18. The third-order valence-corrected chi connectivity index (χ3v) is 5.21. The van der Waals surface area contributed by atoms with Gasteiger partial charge in [0.15, 0.2) is 0 Å². The van der Waals surface area contributed by atoms with Crippen LogP contribution in [0.5, 0.6) is 0 Å². The van der Waals surface area contributed by atoms with Gasteiger partial charge in [0.2, 0.25) is 5.91 Å². The Morgan fingerprint density at radius 3 is 2.36 bits per heavy atom. The van der Waals surface area contributed by atoms with Crippen LogP contribution in [0.1, 0.15) is 50.9 Å². The minimum atomic E-state index is -0.974. The van der Waals surface area contributed by atoms with Crippen LogP contribution < -0.4 is 5.32 Å². The molecule has 1 aliphatic carbocycles. The number of carboxylic acid groups (broad SMARTS) is 1. The molecule has 0 bridgehead atoms. The van der Waals surface area contributed by atoms with Gasteiger partial charge in [-0.05, 0) is 52.0 Å². The van der Waals surface area contributed by atoms with Crippen LogP contribution in [0.2, 0.25) is 0 Å². The Kier molecular flexibility index (Phi) is 6.00. The molecular weight excluding hydrogens is 342 g/mol. The SMILES string of the molecule is CC1=C(C)C[C@@H](C(=O)O)[C@@H](C(=O)Nc2sccc2C(=O)OC(C)C)C1. The molecule has 1 aliphatic rings. The molecule has 0 radical (unpaired) electrons. The Hall–Kier alpha value is -2.15. The van der Waals surface area contributed by atoms with Crippen LogP contribution in [-0.2, 0) is 14.3 Å². The summed E-state index contributed by atoms with van der Waals surface area (Å²) in [5, 5.41) is 14.3. The Morgan fingerprint density at radius 1 is 1.20 bits per heavy atom. The predicted octanol–water partition coefficient (Wildman–Crippen LogP) is 3.70. The summed E-state index contributed by atoms with van der Waals surface area (Å²) in [4.78, 5) is 36.3. The Bertz CT molecular complexity index is 719. The number of rotatable bonds is 5. The number of esters is 1. The lowest BCUT2D eigenvalue weighted by molar-refractivity contribution is -0.146. The first-order chi connectivity index (χ1) is 11.7. The lowest BCUT2D eigenvalue weighted by Crippen LogP contribution is -2.36. The van der Waals surface area contributed by atoms with E-state index < -0.39 is 23.8 Å². The first kappa shape index (κ1) is 19.2. The molecule has 0 fully saturated rings. The number of carbonyl (C=O) groups excluding carboxylic acids is 2. The molecule has 136 valence electrons. The van der Waals surface area contributed by atoms with E-state index in [0.717, 1.165) is 11.1 Å². The van der Waals surface area contributed by atoms with Crippen LogP contribution in [0.4, 0.5) is 5.00 Å². The zero-order valence-electron chi connectivity index (χ0n) is 14.8. The standard InChI is InChI=1S/C18H23NO5S/c1-9(2)24-18(23)12-5-6-25-16(12)19-15(20)13-7-10(3)11(4)8-14(13)17(21)22/h5-6,9,13-14H,7-8H2,1-4H3,(H,19,20)(H,21,22)/t13-,14+/m0/s1. The fourth-order valence-electron chi connectivity index (χ4n) is 2.88. The molecule has 0 spiro atoms. The van der Waals surface area contributed by atoms with Crippen molar-refractivity contribution in [1.29, 1.82) is 0 Å². The third-order valence-electron chi connectivity index (χ3n) is 4.39. The van der Waals surface area contributed by atoms with Crippen LogP contribution in [-0.4, -0.2) is 29.1 Å². The molecule has 0 saturated carbocycles. The highest BCUT2D eigenvalue weighted by Crippen LogP contribution is 2.36. The minimum absolute atomic E-state index is 0.263.